The number of aromatic nitrogens is 4. The van der Waals surface area contributed by atoms with Gasteiger partial charge < -0.3 is 25.1 Å². The number of carboxylic acids is 1. The quantitative estimate of drug-likeness (QED) is 0.332. The van der Waals surface area contributed by atoms with Crippen molar-refractivity contribution in [2.45, 2.75) is 19.9 Å². The zero-order valence-electron chi connectivity index (χ0n) is 20.2. The molecule has 0 atom stereocenters. The maximum absolute atomic E-state index is 14.5. The predicted molar refractivity (Wildman–Crippen MR) is 127 cm³/mol. The molecule has 0 fully saturated rings. The first-order chi connectivity index (χ1) is 17.2. The number of aromatic carboxylic acids is 1. The Morgan fingerprint density at radius 3 is 2.32 bits per heavy atom. The van der Waals surface area contributed by atoms with Gasteiger partial charge in [0.25, 0.3) is 11.8 Å². The number of nitrogens with one attached hydrogen (secondary N) is 2. The van der Waals surface area contributed by atoms with Gasteiger partial charge in [-0.1, -0.05) is 18.2 Å². The first kappa shape index (κ1) is 27.7. The molecule has 2 heterocycles. The van der Waals surface area contributed by atoms with E-state index >= 15 is 0 Å². The normalized spacial score (nSPS) is 10.5. The second-order valence-electron chi connectivity index (χ2n) is 8.03. The van der Waals surface area contributed by atoms with Crippen LogP contribution in [0.15, 0.2) is 67.0 Å². The van der Waals surface area contributed by atoms with E-state index in [4.69, 9.17) is 0 Å². The molecule has 0 radical (unpaired) electrons. The van der Waals surface area contributed by atoms with Crippen molar-refractivity contribution in [1.82, 2.24) is 19.7 Å². The summed E-state index contributed by atoms with van der Waals surface area (Å²) >= 11 is 0. The van der Waals surface area contributed by atoms with Gasteiger partial charge in [0.15, 0.2) is 5.82 Å². The molecule has 0 saturated carbocycles. The second-order valence-corrected chi connectivity index (χ2v) is 8.03. The van der Waals surface area contributed by atoms with Crippen LogP contribution in [0.25, 0.3) is 11.5 Å². The Labute approximate surface area is 233 Å². The third-order valence-electron chi connectivity index (χ3n) is 5.20. The maximum atomic E-state index is 14.5. The van der Waals surface area contributed by atoms with Crippen LogP contribution >= 0.6 is 0 Å². The summed E-state index contributed by atoms with van der Waals surface area (Å²) in [4.78, 5) is 40.6. The molecule has 0 saturated heterocycles. The van der Waals surface area contributed by atoms with Crippen LogP contribution in [0.3, 0.4) is 0 Å². The van der Waals surface area contributed by atoms with Gasteiger partial charge in [0.05, 0.1) is 11.5 Å². The largest absolute Gasteiger partial charge is 1.00 e. The fourth-order valence-electron chi connectivity index (χ4n) is 3.35. The Bertz CT molecular complexity index is 1460. The molecule has 2 N–H and O–H groups in total. The molecule has 0 spiro atoms. The molecule has 0 aliphatic rings. The summed E-state index contributed by atoms with van der Waals surface area (Å²) in [6, 6.07) is 13.7. The Kier molecular flexibility index (Phi) is 8.87. The summed E-state index contributed by atoms with van der Waals surface area (Å²) in [7, 11) is 0. The molecule has 0 aliphatic heterocycles. The van der Waals surface area contributed by atoms with E-state index in [9.17, 15) is 23.9 Å². The Balaban J connectivity index is 0.00000380. The number of carbonyl (C=O) groups is 3. The van der Waals surface area contributed by atoms with Crippen molar-refractivity contribution < 1.29 is 53.4 Å². The second kappa shape index (κ2) is 11.9. The zero-order valence-corrected chi connectivity index (χ0v) is 22.2. The zero-order chi connectivity index (χ0) is 25.8. The fourth-order valence-corrected chi connectivity index (χ4v) is 3.35. The van der Waals surface area contributed by atoms with Crippen LogP contribution in [-0.2, 0) is 0 Å². The van der Waals surface area contributed by atoms with Gasteiger partial charge >= 0.3 is 29.6 Å². The number of nitrogens with zero attached hydrogens (tertiary/aromatic N) is 4. The molecular weight excluding hydrogens is 490 g/mol. The average molecular weight is 510 g/mol. The average Bonchev–Trinajstić information content (AvgIpc) is 3.36. The van der Waals surface area contributed by atoms with E-state index in [-0.39, 0.29) is 63.8 Å². The van der Waals surface area contributed by atoms with E-state index in [0.29, 0.717) is 11.5 Å². The van der Waals surface area contributed by atoms with Gasteiger partial charge in [-0.2, -0.15) is 0 Å². The fraction of sp³-hybridized carbons (Fsp3) is 0.120. The molecule has 4 aromatic rings. The standard InChI is InChI=1S/C25H21FN6O4.Na/c1-14(2)32-13-27-31-22(32)20-4-3-5-21(29-20)30-24(34)18-12-17(10-11-19(18)26)28-23(33)15-6-8-16(9-7-15)25(35)36;/h3-14H,1-2H3,(H,28,33)(H,35,36)(H,29,30,34);/q;+1/p-1. The molecule has 0 unspecified atom stereocenters. The third kappa shape index (κ3) is 6.45. The van der Waals surface area contributed by atoms with Gasteiger partial charge in [0.2, 0.25) is 0 Å². The van der Waals surface area contributed by atoms with E-state index in [0.717, 1.165) is 6.07 Å². The third-order valence-corrected chi connectivity index (χ3v) is 5.20. The van der Waals surface area contributed by atoms with Gasteiger partial charge in [-0.25, -0.2) is 9.37 Å². The van der Waals surface area contributed by atoms with Crippen molar-refractivity contribution in [3.8, 4) is 11.5 Å². The Morgan fingerprint density at radius 1 is 0.946 bits per heavy atom. The summed E-state index contributed by atoms with van der Waals surface area (Å²) in [5.41, 5.74) is 0.435. The number of rotatable bonds is 7. The number of pyridine rings is 1. The number of benzene rings is 2. The molecule has 0 bridgehead atoms. The van der Waals surface area contributed by atoms with Crippen molar-refractivity contribution in [2.24, 2.45) is 0 Å². The smallest absolute Gasteiger partial charge is 0.545 e. The van der Waals surface area contributed by atoms with E-state index < -0.39 is 23.6 Å². The SMILES string of the molecule is CC(C)n1cnnc1-c1cccc(NC(=O)c2cc(NC(=O)c3ccc(C(=O)[O-])cc3)ccc2F)n1.[Na+]. The summed E-state index contributed by atoms with van der Waals surface area (Å²) in [5, 5.41) is 24.0. The predicted octanol–water partition coefficient (Wildman–Crippen LogP) is -0.0678. The Morgan fingerprint density at radius 2 is 1.65 bits per heavy atom. The van der Waals surface area contributed by atoms with Gasteiger partial charge in [0.1, 0.15) is 23.7 Å². The van der Waals surface area contributed by atoms with Crippen molar-refractivity contribution in [2.75, 3.05) is 10.6 Å². The number of amides is 2. The number of anilines is 2. The number of carbonyl (C=O) groups excluding carboxylic acids is 3. The van der Waals surface area contributed by atoms with Crippen LogP contribution in [0.2, 0.25) is 0 Å². The van der Waals surface area contributed by atoms with E-state index in [2.05, 4.69) is 25.8 Å². The van der Waals surface area contributed by atoms with Crippen LogP contribution < -0.4 is 45.3 Å². The number of hydrogen-bond acceptors (Lipinski definition) is 7. The van der Waals surface area contributed by atoms with Gasteiger partial charge in [0, 0.05) is 17.3 Å². The molecule has 10 nitrogen and oxygen atoms in total. The van der Waals surface area contributed by atoms with Gasteiger partial charge in [-0.05, 0) is 61.9 Å². The molecule has 2 amide bonds. The molecule has 4 rings (SSSR count). The Hall–Kier alpha value is -3.93. The topological polar surface area (TPSA) is 142 Å². The molecular formula is C25H20FN6NaO4. The van der Waals surface area contributed by atoms with Crippen molar-refractivity contribution in [1.29, 1.82) is 0 Å². The summed E-state index contributed by atoms with van der Waals surface area (Å²) < 4.78 is 16.3. The van der Waals surface area contributed by atoms with Gasteiger partial charge in [-0.15, -0.1) is 10.2 Å². The van der Waals surface area contributed by atoms with E-state index in [1.165, 1.54) is 36.4 Å². The van der Waals surface area contributed by atoms with Crippen LogP contribution in [0.5, 0.6) is 0 Å². The monoisotopic (exact) mass is 510 g/mol. The minimum absolute atomic E-state index is 0. The van der Waals surface area contributed by atoms with Crippen LogP contribution in [-0.4, -0.2) is 37.5 Å². The van der Waals surface area contributed by atoms with Crippen LogP contribution in [0.4, 0.5) is 15.9 Å². The number of halogens is 1. The maximum Gasteiger partial charge on any atom is 1.00 e. The van der Waals surface area contributed by atoms with Crippen LogP contribution in [0.1, 0.15) is 51.0 Å². The van der Waals surface area contributed by atoms with Crippen LogP contribution in [0, 0.1) is 5.82 Å². The molecule has 37 heavy (non-hydrogen) atoms. The summed E-state index contributed by atoms with van der Waals surface area (Å²) in [6.45, 7) is 3.94. The van der Waals surface area contributed by atoms with Crippen molar-refractivity contribution >= 4 is 29.3 Å². The molecule has 2 aromatic carbocycles. The summed E-state index contributed by atoms with van der Waals surface area (Å²) in [5.74, 6) is -2.79. The molecule has 182 valence electrons. The van der Waals surface area contributed by atoms with E-state index in [1.807, 2.05) is 18.4 Å². The number of carboxylic acid groups (broad SMARTS) is 1. The molecule has 0 aliphatic carbocycles. The minimum Gasteiger partial charge on any atom is -0.545 e. The first-order valence-corrected chi connectivity index (χ1v) is 10.8. The molecule has 12 heteroatoms. The van der Waals surface area contributed by atoms with E-state index in [1.54, 1.807) is 24.5 Å². The van der Waals surface area contributed by atoms with Crippen molar-refractivity contribution in [3.63, 3.8) is 0 Å². The summed E-state index contributed by atoms with van der Waals surface area (Å²) in [6.07, 6.45) is 1.58. The van der Waals surface area contributed by atoms with Gasteiger partial charge in [-0.3, -0.25) is 9.59 Å². The first-order valence-electron chi connectivity index (χ1n) is 10.8. The minimum atomic E-state index is -1.36. The molecule has 2 aromatic heterocycles. The number of hydrogen-bond donors (Lipinski definition) is 2. The van der Waals surface area contributed by atoms with Crippen molar-refractivity contribution in [3.05, 3.63) is 89.5 Å².